The zero-order valence-electron chi connectivity index (χ0n) is 16.7. The monoisotopic (exact) mass is 374 g/mol. The summed E-state index contributed by atoms with van der Waals surface area (Å²) in [4.78, 5) is 34.8. The van der Waals surface area contributed by atoms with Crippen molar-refractivity contribution in [1.29, 1.82) is 0 Å². The van der Waals surface area contributed by atoms with Gasteiger partial charge in [-0.25, -0.2) is 4.79 Å². The van der Waals surface area contributed by atoms with E-state index in [1.807, 2.05) is 0 Å². The van der Waals surface area contributed by atoms with Gasteiger partial charge in [-0.1, -0.05) is 83.3 Å². The van der Waals surface area contributed by atoms with Crippen LogP contribution >= 0.6 is 0 Å². The highest BCUT2D eigenvalue weighted by Crippen LogP contribution is 2.13. The second-order valence-corrected chi connectivity index (χ2v) is 7.31. The van der Waals surface area contributed by atoms with E-state index in [1.165, 1.54) is 75.6 Å². The summed E-state index contributed by atoms with van der Waals surface area (Å²) in [6, 6.07) is 5.73. The lowest BCUT2D eigenvalue weighted by Crippen LogP contribution is -2.08. The van der Waals surface area contributed by atoms with Crippen molar-refractivity contribution in [2.45, 2.75) is 90.4 Å². The number of ketones is 2. The van der Waals surface area contributed by atoms with Crippen molar-refractivity contribution in [2.75, 3.05) is 0 Å². The number of benzene rings is 1. The van der Waals surface area contributed by atoms with Crippen molar-refractivity contribution in [2.24, 2.45) is 0 Å². The van der Waals surface area contributed by atoms with Gasteiger partial charge >= 0.3 is 5.97 Å². The lowest BCUT2D eigenvalue weighted by molar-refractivity contribution is -0.118. The van der Waals surface area contributed by atoms with Crippen LogP contribution in [0.3, 0.4) is 0 Å². The first-order chi connectivity index (χ1) is 13.0. The number of hydrogen-bond acceptors (Lipinski definition) is 3. The van der Waals surface area contributed by atoms with Gasteiger partial charge in [0, 0.05) is 12.0 Å². The van der Waals surface area contributed by atoms with Crippen LogP contribution in [-0.4, -0.2) is 22.6 Å². The highest BCUT2D eigenvalue weighted by molar-refractivity contribution is 6.08. The molecule has 0 saturated carbocycles. The van der Waals surface area contributed by atoms with Gasteiger partial charge < -0.3 is 5.11 Å². The van der Waals surface area contributed by atoms with Gasteiger partial charge in [-0.2, -0.15) is 0 Å². The Morgan fingerprint density at radius 1 is 0.704 bits per heavy atom. The summed E-state index contributed by atoms with van der Waals surface area (Å²) in [5, 5.41) is 8.85. The van der Waals surface area contributed by atoms with E-state index in [9.17, 15) is 14.4 Å². The van der Waals surface area contributed by atoms with Crippen LogP contribution in [0, 0.1) is 0 Å². The number of unbranched alkanes of at least 4 members (excludes halogenated alkanes) is 10. The molecule has 4 heteroatoms. The van der Waals surface area contributed by atoms with Crippen LogP contribution in [0.1, 0.15) is 111 Å². The molecule has 1 rings (SSSR count). The molecule has 0 spiro atoms. The molecule has 0 aliphatic carbocycles. The average Bonchev–Trinajstić information content (AvgIpc) is 2.66. The smallest absolute Gasteiger partial charge is 0.335 e. The Balaban J connectivity index is 2.06. The van der Waals surface area contributed by atoms with E-state index in [2.05, 4.69) is 6.92 Å². The van der Waals surface area contributed by atoms with Crippen LogP contribution in [0.2, 0.25) is 0 Å². The fraction of sp³-hybridized carbons (Fsp3) is 0.609. The zero-order chi connectivity index (χ0) is 19.9. The lowest BCUT2D eigenvalue weighted by Gasteiger charge is -2.03. The minimum Gasteiger partial charge on any atom is -0.478 e. The van der Waals surface area contributed by atoms with Crippen LogP contribution in [-0.2, 0) is 4.79 Å². The third kappa shape index (κ3) is 10.7. The summed E-state index contributed by atoms with van der Waals surface area (Å²) in [7, 11) is 0. The Morgan fingerprint density at radius 2 is 1.15 bits per heavy atom. The molecular formula is C23H34O4. The van der Waals surface area contributed by atoms with E-state index in [0.717, 1.165) is 19.3 Å². The second kappa shape index (κ2) is 14.1. The number of Topliss-reactive ketones (excluding diaryl/α,β-unsaturated/α-hetero) is 2. The summed E-state index contributed by atoms with van der Waals surface area (Å²) in [6.07, 6.45) is 14.0. The summed E-state index contributed by atoms with van der Waals surface area (Å²) in [5.74, 6) is -1.29. The van der Waals surface area contributed by atoms with E-state index in [0.29, 0.717) is 12.0 Å². The van der Waals surface area contributed by atoms with Crippen LogP contribution < -0.4 is 0 Å². The largest absolute Gasteiger partial charge is 0.478 e. The van der Waals surface area contributed by atoms with Gasteiger partial charge in [0.1, 0.15) is 5.78 Å². The number of carbonyl (C=O) groups excluding carboxylic acids is 2. The maximum Gasteiger partial charge on any atom is 0.335 e. The zero-order valence-corrected chi connectivity index (χ0v) is 16.7. The molecule has 0 saturated heterocycles. The molecular weight excluding hydrogens is 340 g/mol. The molecule has 0 aliphatic rings. The molecule has 0 bridgehead atoms. The maximum atomic E-state index is 12.1. The Morgan fingerprint density at radius 3 is 1.63 bits per heavy atom. The fourth-order valence-corrected chi connectivity index (χ4v) is 3.15. The van der Waals surface area contributed by atoms with Crippen molar-refractivity contribution in [3.63, 3.8) is 0 Å². The van der Waals surface area contributed by atoms with Crippen molar-refractivity contribution in [3.8, 4) is 0 Å². The topological polar surface area (TPSA) is 71.4 Å². The third-order valence-electron chi connectivity index (χ3n) is 4.87. The normalized spacial score (nSPS) is 10.7. The molecule has 0 radical (unpaired) electrons. The summed E-state index contributed by atoms with van der Waals surface area (Å²) in [5.41, 5.74) is 0.533. The van der Waals surface area contributed by atoms with Gasteiger partial charge in [0.2, 0.25) is 0 Å². The van der Waals surface area contributed by atoms with Gasteiger partial charge in [0.15, 0.2) is 5.78 Å². The standard InChI is InChI=1S/C23H34O4/c1-2-3-4-5-6-7-8-9-10-11-12-13-21(24)18-22(25)19-14-16-20(17-15-19)23(26)27/h14-17H,2-13,18H2,1H3,(H,26,27). The summed E-state index contributed by atoms with van der Waals surface area (Å²) >= 11 is 0. The van der Waals surface area contributed by atoms with Crippen LogP contribution in [0.5, 0.6) is 0 Å². The molecule has 0 amide bonds. The van der Waals surface area contributed by atoms with E-state index in [4.69, 9.17) is 5.11 Å². The van der Waals surface area contributed by atoms with Crippen LogP contribution in [0.25, 0.3) is 0 Å². The summed E-state index contributed by atoms with van der Waals surface area (Å²) in [6.45, 7) is 2.24. The van der Waals surface area contributed by atoms with E-state index >= 15 is 0 Å². The summed E-state index contributed by atoms with van der Waals surface area (Å²) < 4.78 is 0. The third-order valence-corrected chi connectivity index (χ3v) is 4.87. The van der Waals surface area contributed by atoms with Gasteiger partial charge in [-0.15, -0.1) is 0 Å². The predicted octanol–water partition coefficient (Wildman–Crippen LogP) is 6.23. The van der Waals surface area contributed by atoms with E-state index in [-0.39, 0.29) is 23.6 Å². The molecule has 0 aliphatic heterocycles. The van der Waals surface area contributed by atoms with Gasteiger partial charge in [0.05, 0.1) is 12.0 Å². The quantitative estimate of drug-likeness (QED) is 0.211. The molecule has 27 heavy (non-hydrogen) atoms. The van der Waals surface area contributed by atoms with Gasteiger partial charge in [-0.3, -0.25) is 9.59 Å². The first kappa shape index (κ1) is 23.1. The number of hydrogen-bond donors (Lipinski definition) is 1. The lowest BCUT2D eigenvalue weighted by atomic mass is 10.0. The van der Waals surface area contributed by atoms with Crippen molar-refractivity contribution in [1.82, 2.24) is 0 Å². The molecule has 1 N–H and O–H groups in total. The minimum absolute atomic E-state index is 0.0294. The number of carbonyl (C=O) groups is 3. The SMILES string of the molecule is CCCCCCCCCCCCCC(=O)CC(=O)c1ccc(C(=O)O)cc1. The van der Waals surface area contributed by atoms with Crippen molar-refractivity contribution < 1.29 is 19.5 Å². The molecule has 1 aromatic rings. The second-order valence-electron chi connectivity index (χ2n) is 7.31. The van der Waals surface area contributed by atoms with Gasteiger partial charge in [-0.05, 0) is 18.6 Å². The molecule has 1 aromatic carbocycles. The Labute approximate surface area is 163 Å². The van der Waals surface area contributed by atoms with Crippen LogP contribution in [0.15, 0.2) is 24.3 Å². The number of carboxylic acid groups (broad SMARTS) is 1. The molecule has 4 nitrogen and oxygen atoms in total. The fourth-order valence-electron chi connectivity index (χ4n) is 3.15. The number of carboxylic acids is 1. The maximum absolute atomic E-state index is 12.1. The Hall–Kier alpha value is -1.97. The molecule has 0 fully saturated rings. The number of rotatable bonds is 16. The predicted molar refractivity (Wildman–Crippen MR) is 108 cm³/mol. The van der Waals surface area contributed by atoms with Gasteiger partial charge in [0.25, 0.3) is 0 Å². The Kier molecular flexibility index (Phi) is 12.1. The first-order valence-electron chi connectivity index (χ1n) is 10.4. The van der Waals surface area contributed by atoms with E-state index in [1.54, 1.807) is 0 Å². The number of aromatic carboxylic acids is 1. The van der Waals surface area contributed by atoms with E-state index < -0.39 is 5.97 Å². The minimum atomic E-state index is -1.03. The van der Waals surface area contributed by atoms with Crippen molar-refractivity contribution in [3.05, 3.63) is 35.4 Å². The highest BCUT2D eigenvalue weighted by Gasteiger charge is 2.12. The molecule has 0 aromatic heterocycles. The highest BCUT2D eigenvalue weighted by atomic mass is 16.4. The average molecular weight is 375 g/mol. The van der Waals surface area contributed by atoms with Crippen LogP contribution in [0.4, 0.5) is 0 Å². The molecule has 0 atom stereocenters. The van der Waals surface area contributed by atoms with Crippen molar-refractivity contribution >= 4 is 17.5 Å². The molecule has 150 valence electrons. The Bertz CT molecular complexity index is 575. The first-order valence-corrected chi connectivity index (χ1v) is 10.4. The molecule has 0 unspecified atom stereocenters. The molecule has 0 heterocycles.